The molecule has 0 aliphatic heterocycles. The fourth-order valence-corrected chi connectivity index (χ4v) is 2.73. The number of hydrogen-bond acceptors (Lipinski definition) is 5. The first-order valence-corrected chi connectivity index (χ1v) is 8.44. The molecule has 0 saturated heterocycles. The number of hydrogen-bond donors (Lipinski definition) is 2. The van der Waals surface area contributed by atoms with Crippen molar-refractivity contribution in [1.29, 1.82) is 0 Å². The van der Waals surface area contributed by atoms with E-state index in [0.717, 1.165) is 22.4 Å². The summed E-state index contributed by atoms with van der Waals surface area (Å²) in [4.78, 5) is 16.4. The first kappa shape index (κ1) is 20.7. The average molecular weight is 379 g/mol. The zero-order valence-electron chi connectivity index (χ0n) is 15.7. The van der Waals surface area contributed by atoms with Gasteiger partial charge in [-0.3, -0.25) is 4.98 Å². The molecule has 0 aliphatic carbocycles. The summed E-state index contributed by atoms with van der Waals surface area (Å²) >= 11 is 0. The largest absolute Gasteiger partial charge is 0.494 e. The standard InChI is InChI=1S/C19H15FN4O.C2H4.H3N/c1-2-25-14-6-8-21-16(11-14)18-23-17-15(7-9-22-19(17)24-18)12-4-3-5-13(20)10-12;1-2;/h3-11H,2H2,1H3,(H,22,23,24);1-2H2;1H3. The van der Waals surface area contributed by atoms with Gasteiger partial charge in [0.05, 0.1) is 12.1 Å². The highest BCUT2D eigenvalue weighted by Crippen LogP contribution is 2.29. The Morgan fingerprint density at radius 3 is 2.61 bits per heavy atom. The third kappa shape index (κ3) is 4.21. The van der Waals surface area contributed by atoms with Crippen LogP contribution in [0.1, 0.15) is 6.92 Å². The lowest BCUT2D eigenvalue weighted by atomic mass is 10.1. The number of ether oxygens (including phenoxy) is 1. The molecule has 144 valence electrons. The summed E-state index contributed by atoms with van der Waals surface area (Å²) in [7, 11) is 0. The molecule has 0 saturated carbocycles. The van der Waals surface area contributed by atoms with E-state index in [9.17, 15) is 4.39 Å². The van der Waals surface area contributed by atoms with Crippen molar-refractivity contribution in [3.63, 3.8) is 0 Å². The summed E-state index contributed by atoms with van der Waals surface area (Å²) in [5.74, 6) is 1.03. The van der Waals surface area contributed by atoms with E-state index in [2.05, 4.69) is 33.1 Å². The number of pyridine rings is 2. The SMILES string of the molecule is C=C.CCOc1ccnc(-c2nc3nccc(-c4cccc(F)c4)c3[nH]2)c1.N. The number of imidazole rings is 1. The number of benzene rings is 1. The molecule has 0 aliphatic rings. The van der Waals surface area contributed by atoms with E-state index < -0.39 is 0 Å². The number of aromatic amines is 1. The number of H-pyrrole nitrogens is 1. The number of nitrogens with one attached hydrogen (secondary N) is 1. The van der Waals surface area contributed by atoms with Crippen LogP contribution in [0, 0.1) is 5.82 Å². The summed E-state index contributed by atoms with van der Waals surface area (Å²) in [6.45, 7) is 8.51. The minimum Gasteiger partial charge on any atom is -0.494 e. The molecule has 0 fully saturated rings. The Labute approximate surface area is 162 Å². The molecule has 1 aromatic carbocycles. The molecule has 4 rings (SSSR count). The van der Waals surface area contributed by atoms with Crippen LogP contribution >= 0.6 is 0 Å². The van der Waals surface area contributed by atoms with Gasteiger partial charge in [-0.1, -0.05) is 12.1 Å². The van der Waals surface area contributed by atoms with Gasteiger partial charge in [-0.15, -0.1) is 13.2 Å². The zero-order valence-corrected chi connectivity index (χ0v) is 15.7. The van der Waals surface area contributed by atoms with Crippen LogP contribution in [0.2, 0.25) is 0 Å². The maximum Gasteiger partial charge on any atom is 0.178 e. The van der Waals surface area contributed by atoms with Crippen molar-refractivity contribution >= 4 is 11.2 Å². The minimum absolute atomic E-state index is 0. The summed E-state index contributed by atoms with van der Waals surface area (Å²) in [6.07, 6.45) is 3.34. The fraction of sp³-hybridized carbons (Fsp3) is 0.0952. The molecule has 28 heavy (non-hydrogen) atoms. The monoisotopic (exact) mass is 379 g/mol. The van der Waals surface area contributed by atoms with Crippen molar-refractivity contribution in [2.45, 2.75) is 6.92 Å². The molecule has 0 amide bonds. The van der Waals surface area contributed by atoms with E-state index >= 15 is 0 Å². The van der Waals surface area contributed by atoms with Gasteiger partial charge in [0.15, 0.2) is 11.5 Å². The van der Waals surface area contributed by atoms with Crippen LogP contribution < -0.4 is 10.9 Å². The molecular formula is C21H22FN5O. The van der Waals surface area contributed by atoms with Crippen molar-refractivity contribution < 1.29 is 9.13 Å². The molecule has 0 radical (unpaired) electrons. The van der Waals surface area contributed by atoms with Crippen LogP contribution in [0.5, 0.6) is 5.75 Å². The molecule has 3 heterocycles. The van der Waals surface area contributed by atoms with Gasteiger partial charge < -0.3 is 15.9 Å². The molecule has 0 atom stereocenters. The van der Waals surface area contributed by atoms with E-state index in [1.54, 1.807) is 24.5 Å². The molecule has 4 N–H and O–H groups in total. The zero-order chi connectivity index (χ0) is 19.2. The summed E-state index contributed by atoms with van der Waals surface area (Å²) in [5, 5.41) is 0. The van der Waals surface area contributed by atoms with Crippen LogP contribution in [-0.2, 0) is 0 Å². The van der Waals surface area contributed by atoms with Crippen LogP contribution in [-0.4, -0.2) is 26.5 Å². The third-order valence-electron chi connectivity index (χ3n) is 3.81. The second-order valence-corrected chi connectivity index (χ2v) is 5.46. The van der Waals surface area contributed by atoms with Gasteiger partial charge in [0, 0.05) is 24.0 Å². The Morgan fingerprint density at radius 2 is 1.86 bits per heavy atom. The van der Waals surface area contributed by atoms with Gasteiger partial charge in [-0.2, -0.15) is 0 Å². The van der Waals surface area contributed by atoms with Crippen molar-refractivity contribution in [1.82, 2.24) is 26.1 Å². The van der Waals surface area contributed by atoms with Gasteiger partial charge >= 0.3 is 0 Å². The number of rotatable bonds is 4. The van der Waals surface area contributed by atoms with E-state index in [0.29, 0.717) is 23.8 Å². The number of halogens is 1. The molecule has 6 nitrogen and oxygen atoms in total. The third-order valence-corrected chi connectivity index (χ3v) is 3.81. The number of aromatic nitrogens is 4. The molecular weight excluding hydrogens is 357 g/mol. The van der Waals surface area contributed by atoms with E-state index in [1.165, 1.54) is 12.1 Å². The van der Waals surface area contributed by atoms with E-state index in [-0.39, 0.29) is 12.0 Å². The Bertz CT molecular complexity index is 1060. The highest BCUT2D eigenvalue weighted by atomic mass is 19.1. The lowest BCUT2D eigenvalue weighted by Gasteiger charge is -2.03. The molecule has 3 aromatic heterocycles. The molecule has 0 spiro atoms. The summed E-state index contributed by atoms with van der Waals surface area (Å²) in [5.41, 5.74) is 3.56. The molecule has 7 heteroatoms. The molecule has 0 unspecified atom stereocenters. The first-order valence-electron chi connectivity index (χ1n) is 8.44. The second-order valence-electron chi connectivity index (χ2n) is 5.46. The van der Waals surface area contributed by atoms with Crippen molar-refractivity contribution in [2.24, 2.45) is 0 Å². The maximum atomic E-state index is 13.6. The van der Waals surface area contributed by atoms with Crippen LogP contribution in [0.4, 0.5) is 4.39 Å². The Hall–Kier alpha value is -3.58. The van der Waals surface area contributed by atoms with E-state index in [4.69, 9.17) is 4.74 Å². The number of fused-ring (bicyclic) bond motifs is 1. The van der Waals surface area contributed by atoms with Gasteiger partial charge in [-0.25, -0.2) is 14.4 Å². The Kier molecular flexibility index (Phi) is 6.95. The van der Waals surface area contributed by atoms with Crippen molar-refractivity contribution in [3.8, 4) is 28.4 Å². The van der Waals surface area contributed by atoms with Gasteiger partial charge in [0.25, 0.3) is 0 Å². The molecule has 0 bridgehead atoms. The van der Waals surface area contributed by atoms with Gasteiger partial charge in [-0.05, 0) is 36.8 Å². The lowest BCUT2D eigenvalue weighted by Crippen LogP contribution is -1.93. The highest BCUT2D eigenvalue weighted by Gasteiger charge is 2.13. The predicted molar refractivity (Wildman–Crippen MR) is 110 cm³/mol. The summed E-state index contributed by atoms with van der Waals surface area (Å²) in [6, 6.07) is 11.9. The predicted octanol–water partition coefficient (Wildman–Crippen LogP) is 5.19. The van der Waals surface area contributed by atoms with Crippen LogP contribution in [0.25, 0.3) is 33.8 Å². The van der Waals surface area contributed by atoms with Crippen LogP contribution in [0.3, 0.4) is 0 Å². The first-order chi connectivity index (χ1) is 13.2. The van der Waals surface area contributed by atoms with Gasteiger partial charge in [0.1, 0.15) is 17.3 Å². The average Bonchev–Trinajstić information content (AvgIpc) is 3.14. The Balaban J connectivity index is 0.000000906. The fourth-order valence-electron chi connectivity index (χ4n) is 2.73. The number of nitrogens with zero attached hydrogens (tertiary/aromatic N) is 3. The smallest absolute Gasteiger partial charge is 0.178 e. The van der Waals surface area contributed by atoms with Crippen molar-refractivity contribution in [2.75, 3.05) is 6.61 Å². The Morgan fingerprint density at radius 1 is 1.07 bits per heavy atom. The van der Waals surface area contributed by atoms with Gasteiger partial charge in [0.2, 0.25) is 0 Å². The van der Waals surface area contributed by atoms with E-state index in [1.807, 2.05) is 25.1 Å². The second kappa shape index (κ2) is 9.38. The lowest BCUT2D eigenvalue weighted by molar-refractivity contribution is 0.340. The normalized spacial score (nSPS) is 9.93. The quantitative estimate of drug-likeness (QED) is 0.476. The van der Waals surface area contributed by atoms with Crippen LogP contribution in [0.15, 0.2) is 68.0 Å². The summed E-state index contributed by atoms with van der Waals surface area (Å²) < 4.78 is 19.1. The van der Waals surface area contributed by atoms with Crippen molar-refractivity contribution in [3.05, 3.63) is 73.8 Å². The highest BCUT2D eigenvalue weighted by molar-refractivity contribution is 5.91. The molecule has 4 aromatic rings. The maximum absolute atomic E-state index is 13.6. The topological polar surface area (TPSA) is 98.7 Å². The minimum atomic E-state index is -0.284.